The van der Waals surface area contributed by atoms with Crippen LogP contribution >= 0.6 is 11.6 Å². The minimum absolute atomic E-state index is 0.0992. The Morgan fingerprint density at radius 1 is 1.30 bits per heavy atom. The molecule has 1 atom stereocenters. The van der Waals surface area contributed by atoms with E-state index in [2.05, 4.69) is 0 Å². The summed E-state index contributed by atoms with van der Waals surface area (Å²) in [5.41, 5.74) is 0.457. The van der Waals surface area contributed by atoms with Gasteiger partial charge in [-0.1, -0.05) is 23.7 Å². The van der Waals surface area contributed by atoms with Crippen molar-refractivity contribution in [1.82, 2.24) is 0 Å². The molecule has 0 heterocycles. The Bertz CT molecular complexity index is 643. The summed E-state index contributed by atoms with van der Waals surface area (Å²) in [5, 5.41) is 20.7. The van der Waals surface area contributed by atoms with Gasteiger partial charge in [0.1, 0.15) is 5.75 Å². The van der Waals surface area contributed by atoms with Gasteiger partial charge in [-0.05, 0) is 36.8 Å². The zero-order chi connectivity index (χ0) is 14.7. The molecule has 5 nitrogen and oxygen atoms in total. The van der Waals surface area contributed by atoms with E-state index in [1.54, 1.807) is 31.2 Å². The standard InChI is InChI=1S/C14H12ClNO4/c1-9(17)10-3-2-4-12(7-10)20-14-6-5-11(15)8-13(14)16(18)19/h2-9,17H,1H3. The lowest BCUT2D eigenvalue weighted by atomic mass is 10.1. The normalized spacial score (nSPS) is 11.9. The van der Waals surface area contributed by atoms with Crippen molar-refractivity contribution in [1.29, 1.82) is 0 Å². The van der Waals surface area contributed by atoms with Gasteiger partial charge in [0.05, 0.1) is 11.0 Å². The van der Waals surface area contributed by atoms with Crippen LogP contribution in [-0.4, -0.2) is 10.0 Å². The summed E-state index contributed by atoms with van der Waals surface area (Å²) < 4.78 is 5.51. The van der Waals surface area contributed by atoms with Crippen LogP contribution in [0.15, 0.2) is 42.5 Å². The maximum atomic E-state index is 11.0. The highest BCUT2D eigenvalue weighted by Crippen LogP contribution is 2.34. The molecular formula is C14H12ClNO4. The molecule has 1 unspecified atom stereocenters. The van der Waals surface area contributed by atoms with E-state index in [9.17, 15) is 15.2 Å². The van der Waals surface area contributed by atoms with Gasteiger partial charge in [0.2, 0.25) is 5.75 Å². The average molecular weight is 294 g/mol. The van der Waals surface area contributed by atoms with E-state index in [1.165, 1.54) is 18.2 Å². The van der Waals surface area contributed by atoms with E-state index in [0.717, 1.165) is 0 Å². The molecule has 2 rings (SSSR count). The van der Waals surface area contributed by atoms with E-state index < -0.39 is 11.0 Å². The van der Waals surface area contributed by atoms with Gasteiger partial charge in [-0.25, -0.2) is 0 Å². The number of rotatable bonds is 4. The zero-order valence-corrected chi connectivity index (χ0v) is 11.4. The monoisotopic (exact) mass is 293 g/mol. The fourth-order valence-corrected chi connectivity index (χ4v) is 1.85. The summed E-state index contributed by atoms with van der Waals surface area (Å²) in [4.78, 5) is 10.4. The molecule has 0 saturated carbocycles. The number of hydrogen-bond donors (Lipinski definition) is 1. The third kappa shape index (κ3) is 3.26. The number of aliphatic hydroxyl groups is 1. The van der Waals surface area contributed by atoms with Gasteiger partial charge in [0.15, 0.2) is 0 Å². The first kappa shape index (κ1) is 14.3. The lowest BCUT2D eigenvalue weighted by Crippen LogP contribution is -1.95. The van der Waals surface area contributed by atoms with Crippen molar-refractivity contribution in [3.63, 3.8) is 0 Å². The molecule has 6 heteroatoms. The number of benzene rings is 2. The summed E-state index contributed by atoms with van der Waals surface area (Å²) in [6.45, 7) is 1.63. The molecule has 0 saturated heterocycles. The minimum atomic E-state index is -0.640. The fourth-order valence-electron chi connectivity index (χ4n) is 1.68. The van der Waals surface area contributed by atoms with Crippen molar-refractivity contribution in [2.75, 3.05) is 0 Å². The van der Waals surface area contributed by atoms with E-state index in [1.807, 2.05) is 0 Å². The number of nitrogens with zero attached hydrogens (tertiary/aromatic N) is 1. The molecule has 0 fully saturated rings. The van der Waals surface area contributed by atoms with Crippen LogP contribution in [0.5, 0.6) is 11.5 Å². The van der Waals surface area contributed by atoms with Crippen molar-refractivity contribution in [2.24, 2.45) is 0 Å². The molecule has 0 radical (unpaired) electrons. The second kappa shape index (κ2) is 5.90. The summed E-state index contributed by atoms with van der Waals surface area (Å²) in [7, 11) is 0. The molecule has 2 aromatic rings. The van der Waals surface area contributed by atoms with Crippen LogP contribution in [0.2, 0.25) is 5.02 Å². The lowest BCUT2D eigenvalue weighted by molar-refractivity contribution is -0.385. The van der Waals surface area contributed by atoms with Crippen molar-refractivity contribution >= 4 is 17.3 Å². The van der Waals surface area contributed by atoms with Gasteiger partial charge in [-0.2, -0.15) is 0 Å². The topological polar surface area (TPSA) is 72.6 Å². The van der Waals surface area contributed by atoms with Crippen molar-refractivity contribution in [3.8, 4) is 11.5 Å². The van der Waals surface area contributed by atoms with E-state index in [0.29, 0.717) is 11.3 Å². The Hall–Kier alpha value is -2.11. The van der Waals surface area contributed by atoms with Crippen molar-refractivity contribution in [3.05, 3.63) is 63.2 Å². The Kier molecular flexibility index (Phi) is 4.22. The van der Waals surface area contributed by atoms with Gasteiger partial charge < -0.3 is 9.84 Å². The van der Waals surface area contributed by atoms with Gasteiger partial charge in [0, 0.05) is 11.1 Å². The summed E-state index contributed by atoms with van der Waals surface area (Å²) >= 11 is 5.74. The third-order valence-corrected chi connectivity index (χ3v) is 2.92. The van der Waals surface area contributed by atoms with Crippen molar-refractivity contribution < 1.29 is 14.8 Å². The van der Waals surface area contributed by atoms with Crippen LogP contribution in [0.4, 0.5) is 5.69 Å². The predicted molar refractivity (Wildman–Crippen MR) is 75.3 cm³/mol. The van der Waals surface area contributed by atoms with Gasteiger partial charge >= 0.3 is 5.69 Å². The summed E-state index contributed by atoms with van der Waals surface area (Å²) in [5.74, 6) is 0.510. The van der Waals surface area contributed by atoms with Crippen LogP contribution in [0.25, 0.3) is 0 Å². The molecule has 0 aliphatic carbocycles. The SMILES string of the molecule is CC(O)c1cccc(Oc2ccc(Cl)cc2[N+](=O)[O-])c1. The third-order valence-electron chi connectivity index (χ3n) is 2.69. The largest absolute Gasteiger partial charge is 0.450 e. The van der Waals surface area contributed by atoms with Gasteiger partial charge in [0.25, 0.3) is 0 Å². The molecule has 0 spiro atoms. The molecule has 0 aliphatic rings. The molecule has 2 aromatic carbocycles. The smallest absolute Gasteiger partial charge is 0.313 e. The Morgan fingerprint density at radius 2 is 2.05 bits per heavy atom. The lowest BCUT2D eigenvalue weighted by Gasteiger charge is -2.09. The first-order valence-electron chi connectivity index (χ1n) is 5.87. The number of nitro benzene ring substituents is 1. The minimum Gasteiger partial charge on any atom is -0.450 e. The molecule has 104 valence electrons. The van der Waals surface area contributed by atoms with E-state index in [4.69, 9.17) is 16.3 Å². The van der Waals surface area contributed by atoms with Gasteiger partial charge in [-0.15, -0.1) is 0 Å². The molecular weight excluding hydrogens is 282 g/mol. The Labute approximate surface area is 120 Å². The zero-order valence-electron chi connectivity index (χ0n) is 10.6. The molecule has 0 aromatic heterocycles. The number of ether oxygens (including phenoxy) is 1. The summed E-state index contributed by atoms with van der Waals surface area (Å²) in [6, 6.07) is 10.9. The average Bonchev–Trinajstić information content (AvgIpc) is 2.41. The van der Waals surface area contributed by atoms with Crippen LogP contribution in [-0.2, 0) is 0 Å². The second-order valence-corrected chi connectivity index (χ2v) is 4.66. The molecule has 0 amide bonds. The van der Waals surface area contributed by atoms with Crippen LogP contribution in [0.3, 0.4) is 0 Å². The van der Waals surface area contributed by atoms with Crippen LogP contribution in [0.1, 0.15) is 18.6 Å². The van der Waals surface area contributed by atoms with E-state index in [-0.39, 0.29) is 16.5 Å². The highest BCUT2D eigenvalue weighted by atomic mass is 35.5. The second-order valence-electron chi connectivity index (χ2n) is 4.22. The van der Waals surface area contributed by atoms with Gasteiger partial charge in [-0.3, -0.25) is 10.1 Å². The Morgan fingerprint density at radius 3 is 2.70 bits per heavy atom. The Balaban J connectivity index is 2.35. The fraction of sp³-hybridized carbons (Fsp3) is 0.143. The highest BCUT2D eigenvalue weighted by Gasteiger charge is 2.16. The number of hydrogen-bond acceptors (Lipinski definition) is 4. The van der Waals surface area contributed by atoms with Crippen LogP contribution < -0.4 is 4.74 Å². The number of halogens is 1. The maximum Gasteiger partial charge on any atom is 0.313 e. The number of nitro groups is 1. The summed E-state index contributed by atoms with van der Waals surface area (Å²) in [6.07, 6.45) is -0.640. The van der Waals surface area contributed by atoms with Crippen molar-refractivity contribution in [2.45, 2.75) is 13.0 Å². The first-order chi connectivity index (χ1) is 9.47. The predicted octanol–water partition coefficient (Wildman–Crippen LogP) is 4.09. The van der Waals surface area contributed by atoms with E-state index >= 15 is 0 Å². The molecule has 0 bridgehead atoms. The molecule has 1 N–H and O–H groups in total. The molecule has 0 aliphatic heterocycles. The molecule has 20 heavy (non-hydrogen) atoms. The van der Waals surface area contributed by atoms with Crippen LogP contribution in [0, 0.1) is 10.1 Å². The quantitative estimate of drug-likeness (QED) is 0.680. The number of aliphatic hydroxyl groups excluding tert-OH is 1. The first-order valence-corrected chi connectivity index (χ1v) is 6.25. The highest BCUT2D eigenvalue weighted by molar-refractivity contribution is 6.30. The maximum absolute atomic E-state index is 11.0.